The highest BCUT2D eigenvalue weighted by Crippen LogP contribution is 2.43. The molecule has 0 aromatic carbocycles. The molecule has 0 N–H and O–H groups in total. The Morgan fingerprint density at radius 3 is 2.92 bits per heavy atom. The van der Waals surface area contributed by atoms with Crippen LogP contribution in [0.5, 0.6) is 0 Å². The van der Waals surface area contributed by atoms with E-state index in [4.69, 9.17) is 4.74 Å². The molecule has 1 saturated carbocycles. The fraction of sp³-hybridized carbons (Fsp3) is 0.700. The molecular weight excluding hydrogens is 152 g/mol. The zero-order valence-electron chi connectivity index (χ0n) is 7.54. The Bertz CT molecular complexity index is 242. The third kappa shape index (κ3) is 0.977. The zero-order valence-corrected chi connectivity index (χ0v) is 7.54. The lowest BCUT2D eigenvalue weighted by Gasteiger charge is -2.25. The average Bonchev–Trinajstić information content (AvgIpc) is 2.42. The van der Waals surface area contributed by atoms with E-state index in [1.165, 1.54) is 5.57 Å². The van der Waals surface area contributed by atoms with Crippen molar-refractivity contribution < 1.29 is 9.53 Å². The molecule has 1 heterocycles. The number of hydrogen-bond donors (Lipinski definition) is 0. The van der Waals surface area contributed by atoms with Gasteiger partial charge in [-0.15, -0.1) is 0 Å². The topological polar surface area (TPSA) is 26.3 Å². The Morgan fingerprint density at radius 2 is 2.25 bits per heavy atom. The van der Waals surface area contributed by atoms with Crippen LogP contribution in [0.15, 0.2) is 11.8 Å². The second kappa shape index (κ2) is 2.61. The standard InChI is InChI=1S/C10H14O2/c1-6-3-4-8-7(2)5-12-10(11)9(6)8/h5-6,8-9H,3-4H2,1-2H3/t6-,8?,9?/m1/s1. The predicted molar refractivity (Wildman–Crippen MR) is 45.2 cm³/mol. The highest BCUT2D eigenvalue weighted by molar-refractivity contribution is 5.75. The van der Waals surface area contributed by atoms with Crippen LogP contribution in [0.2, 0.25) is 0 Å². The Morgan fingerprint density at radius 1 is 1.50 bits per heavy atom. The molecule has 2 rings (SSSR count). The second-order valence-electron chi connectivity index (χ2n) is 3.99. The molecule has 0 saturated heterocycles. The van der Waals surface area contributed by atoms with Crippen molar-refractivity contribution in [2.75, 3.05) is 0 Å². The average molecular weight is 166 g/mol. The molecule has 0 amide bonds. The zero-order chi connectivity index (χ0) is 8.72. The van der Waals surface area contributed by atoms with Crippen LogP contribution in [-0.2, 0) is 9.53 Å². The first-order valence-electron chi connectivity index (χ1n) is 4.57. The largest absolute Gasteiger partial charge is 0.434 e. The molecule has 0 bridgehead atoms. The number of allylic oxidation sites excluding steroid dienone is 1. The molecule has 2 aliphatic rings. The summed E-state index contributed by atoms with van der Waals surface area (Å²) in [6.45, 7) is 4.20. The molecule has 0 radical (unpaired) electrons. The lowest BCUT2D eigenvalue weighted by molar-refractivity contribution is -0.146. The molecule has 12 heavy (non-hydrogen) atoms. The molecule has 2 unspecified atom stereocenters. The summed E-state index contributed by atoms with van der Waals surface area (Å²) in [5, 5.41) is 0. The van der Waals surface area contributed by atoms with Crippen LogP contribution in [0.4, 0.5) is 0 Å². The number of esters is 1. The maximum Gasteiger partial charge on any atom is 0.314 e. The van der Waals surface area contributed by atoms with Crippen LogP contribution in [-0.4, -0.2) is 5.97 Å². The van der Waals surface area contributed by atoms with Gasteiger partial charge in [0.15, 0.2) is 0 Å². The third-order valence-corrected chi connectivity index (χ3v) is 3.20. The van der Waals surface area contributed by atoms with Gasteiger partial charge in [-0.05, 0) is 37.2 Å². The molecule has 0 aromatic heterocycles. The summed E-state index contributed by atoms with van der Waals surface area (Å²) in [4.78, 5) is 11.4. The Labute approximate surface area is 72.6 Å². The van der Waals surface area contributed by atoms with E-state index >= 15 is 0 Å². The van der Waals surface area contributed by atoms with Crippen molar-refractivity contribution in [1.82, 2.24) is 0 Å². The van der Waals surface area contributed by atoms with Crippen molar-refractivity contribution in [3.8, 4) is 0 Å². The van der Waals surface area contributed by atoms with E-state index in [1.807, 2.05) is 0 Å². The summed E-state index contributed by atoms with van der Waals surface area (Å²) in [5.74, 6) is 1.11. The van der Waals surface area contributed by atoms with E-state index in [1.54, 1.807) is 6.26 Å². The van der Waals surface area contributed by atoms with E-state index in [9.17, 15) is 4.79 Å². The van der Waals surface area contributed by atoms with Gasteiger partial charge in [0, 0.05) is 0 Å². The summed E-state index contributed by atoms with van der Waals surface area (Å²) in [6, 6.07) is 0. The lowest BCUT2D eigenvalue weighted by atomic mass is 9.85. The molecule has 1 fully saturated rings. The summed E-state index contributed by atoms with van der Waals surface area (Å²) in [6.07, 6.45) is 3.94. The highest BCUT2D eigenvalue weighted by Gasteiger charge is 2.42. The van der Waals surface area contributed by atoms with Gasteiger partial charge in [-0.3, -0.25) is 4.79 Å². The minimum atomic E-state index is -0.0180. The van der Waals surface area contributed by atoms with Gasteiger partial charge in [0.05, 0.1) is 12.2 Å². The first-order valence-corrected chi connectivity index (χ1v) is 4.57. The number of cyclic esters (lactones) is 1. The van der Waals surface area contributed by atoms with Gasteiger partial charge in [0.1, 0.15) is 0 Å². The number of fused-ring (bicyclic) bond motifs is 1. The number of ether oxygens (including phenoxy) is 1. The molecule has 3 atom stereocenters. The van der Waals surface area contributed by atoms with Gasteiger partial charge in [0.25, 0.3) is 0 Å². The first kappa shape index (κ1) is 7.84. The predicted octanol–water partition coefficient (Wildman–Crippen LogP) is 2.11. The van der Waals surface area contributed by atoms with Crippen molar-refractivity contribution in [2.45, 2.75) is 26.7 Å². The number of hydrogen-bond acceptors (Lipinski definition) is 2. The van der Waals surface area contributed by atoms with E-state index in [-0.39, 0.29) is 11.9 Å². The van der Waals surface area contributed by atoms with E-state index in [2.05, 4.69) is 13.8 Å². The van der Waals surface area contributed by atoms with Crippen molar-refractivity contribution in [2.24, 2.45) is 17.8 Å². The molecule has 2 nitrogen and oxygen atoms in total. The molecule has 0 aromatic rings. The van der Waals surface area contributed by atoms with Crippen LogP contribution in [0.1, 0.15) is 26.7 Å². The molecule has 0 spiro atoms. The fourth-order valence-electron chi connectivity index (χ4n) is 2.42. The first-order chi connectivity index (χ1) is 5.70. The number of rotatable bonds is 0. The van der Waals surface area contributed by atoms with Crippen LogP contribution < -0.4 is 0 Å². The van der Waals surface area contributed by atoms with Gasteiger partial charge in [-0.2, -0.15) is 0 Å². The maximum atomic E-state index is 11.4. The summed E-state index contributed by atoms with van der Waals surface area (Å²) >= 11 is 0. The van der Waals surface area contributed by atoms with Crippen LogP contribution in [0.25, 0.3) is 0 Å². The van der Waals surface area contributed by atoms with Gasteiger partial charge in [-0.25, -0.2) is 0 Å². The van der Waals surface area contributed by atoms with E-state index in [0.717, 1.165) is 12.8 Å². The van der Waals surface area contributed by atoms with E-state index in [0.29, 0.717) is 11.8 Å². The summed E-state index contributed by atoms with van der Waals surface area (Å²) < 4.78 is 4.97. The maximum absolute atomic E-state index is 11.4. The minimum Gasteiger partial charge on any atom is -0.434 e. The minimum absolute atomic E-state index is 0.0180. The molecule has 1 aliphatic carbocycles. The normalized spacial score (nSPS) is 40.3. The third-order valence-electron chi connectivity index (χ3n) is 3.20. The second-order valence-corrected chi connectivity index (χ2v) is 3.99. The molecule has 66 valence electrons. The lowest BCUT2D eigenvalue weighted by Crippen LogP contribution is -2.28. The van der Waals surface area contributed by atoms with Gasteiger partial charge in [0.2, 0.25) is 0 Å². The molecule has 1 aliphatic heterocycles. The number of carbonyl (C=O) groups excluding carboxylic acids is 1. The van der Waals surface area contributed by atoms with E-state index < -0.39 is 0 Å². The van der Waals surface area contributed by atoms with Crippen LogP contribution in [0, 0.1) is 17.8 Å². The van der Waals surface area contributed by atoms with Crippen LogP contribution >= 0.6 is 0 Å². The Balaban J connectivity index is 2.29. The SMILES string of the molecule is CC1=COC(=O)C2C1CC[C@H]2C. The van der Waals surface area contributed by atoms with Crippen molar-refractivity contribution >= 4 is 5.97 Å². The Hall–Kier alpha value is -0.790. The van der Waals surface area contributed by atoms with Gasteiger partial charge < -0.3 is 4.74 Å². The monoisotopic (exact) mass is 166 g/mol. The van der Waals surface area contributed by atoms with Gasteiger partial charge in [-0.1, -0.05) is 6.92 Å². The van der Waals surface area contributed by atoms with Gasteiger partial charge >= 0.3 is 5.97 Å². The summed E-state index contributed by atoms with van der Waals surface area (Å²) in [7, 11) is 0. The Kier molecular flexibility index (Phi) is 1.71. The van der Waals surface area contributed by atoms with Crippen LogP contribution in [0.3, 0.4) is 0 Å². The van der Waals surface area contributed by atoms with Crippen molar-refractivity contribution in [3.63, 3.8) is 0 Å². The van der Waals surface area contributed by atoms with Crippen molar-refractivity contribution in [3.05, 3.63) is 11.8 Å². The highest BCUT2D eigenvalue weighted by atomic mass is 16.5. The molecular formula is C10H14O2. The van der Waals surface area contributed by atoms with Crippen molar-refractivity contribution in [1.29, 1.82) is 0 Å². The quantitative estimate of drug-likeness (QED) is 0.515. The fourth-order valence-corrected chi connectivity index (χ4v) is 2.42. The molecule has 2 heteroatoms. The summed E-state index contributed by atoms with van der Waals surface area (Å²) in [5.41, 5.74) is 1.24. The smallest absolute Gasteiger partial charge is 0.314 e. The number of carbonyl (C=O) groups is 1.